The van der Waals surface area contributed by atoms with E-state index in [0.717, 1.165) is 11.3 Å². The minimum atomic E-state index is -0.0273. The standard InChI is InChI=1S/C17H20N2O2/c1-3-21-16-9-7-14(8-10-16)17(20)19(2)12-13-5-4-6-15(18)11-13/h4-11H,3,12,18H2,1-2H3. The molecule has 4 heteroatoms. The van der Waals surface area contributed by atoms with Gasteiger partial charge in [0.2, 0.25) is 0 Å². The van der Waals surface area contributed by atoms with Crippen LogP contribution in [-0.2, 0) is 6.54 Å². The molecular weight excluding hydrogens is 264 g/mol. The van der Waals surface area contributed by atoms with Gasteiger partial charge in [0, 0.05) is 24.8 Å². The summed E-state index contributed by atoms with van der Waals surface area (Å²) in [5, 5.41) is 0. The van der Waals surface area contributed by atoms with Crippen molar-refractivity contribution in [2.45, 2.75) is 13.5 Å². The maximum Gasteiger partial charge on any atom is 0.253 e. The van der Waals surface area contributed by atoms with Gasteiger partial charge in [0.1, 0.15) is 5.75 Å². The van der Waals surface area contributed by atoms with Gasteiger partial charge in [-0.1, -0.05) is 12.1 Å². The Kier molecular flexibility index (Phi) is 4.82. The lowest BCUT2D eigenvalue weighted by Gasteiger charge is -2.17. The monoisotopic (exact) mass is 284 g/mol. The molecule has 4 nitrogen and oxygen atoms in total. The van der Waals surface area contributed by atoms with Crippen LogP contribution in [0.25, 0.3) is 0 Å². The summed E-state index contributed by atoms with van der Waals surface area (Å²) in [7, 11) is 1.78. The maximum atomic E-state index is 12.4. The average molecular weight is 284 g/mol. The first-order valence-corrected chi connectivity index (χ1v) is 6.93. The normalized spacial score (nSPS) is 10.2. The molecule has 0 atom stereocenters. The lowest BCUT2D eigenvalue weighted by Crippen LogP contribution is -2.26. The summed E-state index contributed by atoms with van der Waals surface area (Å²) in [6, 6.07) is 14.7. The summed E-state index contributed by atoms with van der Waals surface area (Å²) in [5.74, 6) is 0.744. The molecule has 0 aliphatic heterocycles. The topological polar surface area (TPSA) is 55.6 Å². The molecule has 0 aliphatic carbocycles. The Balaban J connectivity index is 2.04. The van der Waals surface area contributed by atoms with Crippen LogP contribution in [0, 0.1) is 0 Å². The van der Waals surface area contributed by atoms with Crippen LogP contribution in [0.15, 0.2) is 48.5 Å². The minimum absolute atomic E-state index is 0.0273. The molecule has 0 bridgehead atoms. The first kappa shape index (κ1) is 14.9. The molecule has 0 saturated carbocycles. The number of nitrogens with zero attached hydrogens (tertiary/aromatic N) is 1. The van der Waals surface area contributed by atoms with Crippen molar-refractivity contribution in [1.82, 2.24) is 4.90 Å². The van der Waals surface area contributed by atoms with Gasteiger partial charge in [0.05, 0.1) is 6.61 Å². The minimum Gasteiger partial charge on any atom is -0.494 e. The fourth-order valence-corrected chi connectivity index (χ4v) is 2.12. The fraction of sp³-hybridized carbons (Fsp3) is 0.235. The molecule has 0 unspecified atom stereocenters. The van der Waals surface area contributed by atoms with Crippen molar-refractivity contribution < 1.29 is 9.53 Å². The Bertz CT molecular complexity index is 608. The maximum absolute atomic E-state index is 12.4. The van der Waals surface area contributed by atoms with Crippen LogP contribution in [0.4, 0.5) is 5.69 Å². The van der Waals surface area contributed by atoms with Gasteiger partial charge < -0.3 is 15.4 Å². The first-order valence-electron chi connectivity index (χ1n) is 6.93. The molecule has 0 saturated heterocycles. The second kappa shape index (κ2) is 6.79. The number of hydrogen-bond acceptors (Lipinski definition) is 3. The lowest BCUT2D eigenvalue weighted by atomic mass is 10.1. The van der Waals surface area contributed by atoms with Crippen LogP contribution in [0.1, 0.15) is 22.8 Å². The summed E-state index contributed by atoms with van der Waals surface area (Å²) >= 11 is 0. The zero-order valence-corrected chi connectivity index (χ0v) is 12.4. The molecule has 0 fully saturated rings. The van der Waals surface area contributed by atoms with E-state index in [2.05, 4.69) is 0 Å². The molecular formula is C17H20N2O2. The van der Waals surface area contributed by atoms with Gasteiger partial charge in [-0.2, -0.15) is 0 Å². The third kappa shape index (κ3) is 3.99. The smallest absolute Gasteiger partial charge is 0.253 e. The van der Waals surface area contributed by atoms with E-state index in [1.165, 1.54) is 0 Å². The molecule has 2 N–H and O–H groups in total. The predicted octanol–water partition coefficient (Wildman–Crippen LogP) is 2.94. The van der Waals surface area contributed by atoms with Crippen molar-refractivity contribution in [2.75, 3.05) is 19.4 Å². The Morgan fingerprint density at radius 1 is 1.19 bits per heavy atom. The number of carbonyl (C=O) groups is 1. The van der Waals surface area contributed by atoms with Gasteiger partial charge in [0.25, 0.3) is 5.91 Å². The van der Waals surface area contributed by atoms with E-state index < -0.39 is 0 Å². The third-order valence-electron chi connectivity index (χ3n) is 3.13. The van der Waals surface area contributed by atoms with Crippen molar-refractivity contribution in [2.24, 2.45) is 0 Å². The van der Waals surface area contributed by atoms with E-state index in [4.69, 9.17) is 10.5 Å². The van der Waals surface area contributed by atoms with E-state index in [9.17, 15) is 4.79 Å². The number of rotatable bonds is 5. The van der Waals surface area contributed by atoms with E-state index >= 15 is 0 Å². The van der Waals surface area contributed by atoms with Crippen molar-refractivity contribution in [3.63, 3.8) is 0 Å². The number of ether oxygens (including phenoxy) is 1. The number of amides is 1. The van der Waals surface area contributed by atoms with Gasteiger partial charge in [-0.15, -0.1) is 0 Å². The van der Waals surface area contributed by atoms with E-state index in [-0.39, 0.29) is 5.91 Å². The predicted molar refractivity (Wildman–Crippen MR) is 84.3 cm³/mol. The summed E-state index contributed by atoms with van der Waals surface area (Å²) in [6.07, 6.45) is 0. The fourth-order valence-electron chi connectivity index (χ4n) is 2.12. The quantitative estimate of drug-likeness (QED) is 0.859. The molecule has 2 rings (SSSR count). The number of nitrogen functional groups attached to an aromatic ring is 1. The Hall–Kier alpha value is -2.49. The molecule has 0 aromatic heterocycles. The number of anilines is 1. The second-order valence-corrected chi connectivity index (χ2v) is 4.86. The van der Waals surface area contributed by atoms with Gasteiger partial charge >= 0.3 is 0 Å². The molecule has 110 valence electrons. The molecule has 2 aromatic rings. The number of nitrogens with two attached hydrogens (primary N) is 1. The van der Waals surface area contributed by atoms with Gasteiger partial charge in [-0.3, -0.25) is 4.79 Å². The number of carbonyl (C=O) groups excluding carboxylic acids is 1. The summed E-state index contributed by atoms with van der Waals surface area (Å²) in [4.78, 5) is 14.0. The molecule has 0 spiro atoms. The first-order chi connectivity index (χ1) is 10.1. The van der Waals surface area contributed by atoms with Crippen LogP contribution in [0.2, 0.25) is 0 Å². The van der Waals surface area contributed by atoms with Crippen molar-refractivity contribution >= 4 is 11.6 Å². The Morgan fingerprint density at radius 3 is 2.52 bits per heavy atom. The molecule has 0 aliphatic rings. The van der Waals surface area contributed by atoms with Crippen LogP contribution >= 0.6 is 0 Å². The van der Waals surface area contributed by atoms with Crippen LogP contribution < -0.4 is 10.5 Å². The van der Waals surface area contributed by atoms with Crippen molar-refractivity contribution in [1.29, 1.82) is 0 Å². The molecule has 0 radical (unpaired) electrons. The van der Waals surface area contributed by atoms with Crippen molar-refractivity contribution in [3.05, 3.63) is 59.7 Å². The van der Waals surface area contributed by atoms with E-state index in [1.54, 1.807) is 24.1 Å². The summed E-state index contributed by atoms with van der Waals surface area (Å²) in [6.45, 7) is 3.07. The highest BCUT2D eigenvalue weighted by atomic mass is 16.5. The zero-order valence-electron chi connectivity index (χ0n) is 12.4. The molecule has 1 amide bonds. The second-order valence-electron chi connectivity index (χ2n) is 4.86. The summed E-state index contributed by atoms with van der Waals surface area (Å²) in [5.41, 5.74) is 8.11. The lowest BCUT2D eigenvalue weighted by molar-refractivity contribution is 0.0785. The van der Waals surface area contributed by atoms with Gasteiger partial charge in [0.15, 0.2) is 0 Å². The van der Waals surface area contributed by atoms with Crippen LogP contribution in [0.3, 0.4) is 0 Å². The van der Waals surface area contributed by atoms with Crippen molar-refractivity contribution in [3.8, 4) is 5.75 Å². The SMILES string of the molecule is CCOc1ccc(C(=O)N(C)Cc2cccc(N)c2)cc1. The number of hydrogen-bond donors (Lipinski definition) is 1. The summed E-state index contributed by atoms with van der Waals surface area (Å²) < 4.78 is 5.37. The van der Waals surface area contributed by atoms with Crippen LogP contribution in [0.5, 0.6) is 5.75 Å². The van der Waals surface area contributed by atoms with Gasteiger partial charge in [-0.05, 0) is 48.9 Å². The molecule has 2 aromatic carbocycles. The van der Waals surface area contributed by atoms with Gasteiger partial charge in [-0.25, -0.2) is 0 Å². The third-order valence-corrected chi connectivity index (χ3v) is 3.13. The molecule has 21 heavy (non-hydrogen) atoms. The highest BCUT2D eigenvalue weighted by Crippen LogP contribution is 2.15. The highest BCUT2D eigenvalue weighted by Gasteiger charge is 2.12. The average Bonchev–Trinajstić information content (AvgIpc) is 2.47. The largest absolute Gasteiger partial charge is 0.494 e. The molecule has 0 heterocycles. The zero-order chi connectivity index (χ0) is 15.2. The Labute approximate surface area is 125 Å². The number of benzene rings is 2. The van der Waals surface area contributed by atoms with Crippen LogP contribution in [-0.4, -0.2) is 24.5 Å². The highest BCUT2D eigenvalue weighted by molar-refractivity contribution is 5.94. The van der Waals surface area contributed by atoms with E-state index in [1.807, 2.05) is 43.3 Å². The van der Waals surface area contributed by atoms with E-state index in [0.29, 0.717) is 24.4 Å². The Morgan fingerprint density at radius 2 is 1.90 bits per heavy atom.